The maximum absolute atomic E-state index is 13.5. The van der Waals surface area contributed by atoms with Gasteiger partial charge in [0.2, 0.25) is 11.8 Å². The second-order valence-corrected chi connectivity index (χ2v) is 10.1. The minimum atomic E-state index is -0.696. The molecule has 3 aromatic carbocycles. The van der Waals surface area contributed by atoms with Gasteiger partial charge in [-0.1, -0.05) is 17.8 Å². The monoisotopic (exact) mass is 579 g/mol. The van der Waals surface area contributed by atoms with Crippen LogP contribution >= 0.6 is 11.8 Å². The zero-order chi connectivity index (χ0) is 29.4. The number of anilines is 1. The van der Waals surface area contributed by atoms with E-state index in [1.165, 1.54) is 36.0 Å². The summed E-state index contributed by atoms with van der Waals surface area (Å²) in [5, 5.41) is 2.51. The highest BCUT2D eigenvalue weighted by atomic mass is 32.2. The van der Waals surface area contributed by atoms with E-state index in [0.717, 1.165) is 5.56 Å². The predicted molar refractivity (Wildman–Crippen MR) is 155 cm³/mol. The van der Waals surface area contributed by atoms with Gasteiger partial charge in [0.05, 0.1) is 32.1 Å². The fourth-order valence-electron chi connectivity index (χ4n) is 4.12. The summed E-state index contributed by atoms with van der Waals surface area (Å²) in [6, 6.07) is 17.5. The number of amidine groups is 1. The Bertz CT molecular complexity index is 1430. The first kappa shape index (κ1) is 29.6. The lowest BCUT2D eigenvalue weighted by Gasteiger charge is -2.17. The summed E-state index contributed by atoms with van der Waals surface area (Å²) in [7, 11) is 3.12. The van der Waals surface area contributed by atoms with E-state index in [9.17, 15) is 18.8 Å². The van der Waals surface area contributed by atoms with Crippen LogP contribution in [0.15, 0.2) is 71.7 Å². The van der Waals surface area contributed by atoms with E-state index in [0.29, 0.717) is 46.6 Å². The Kier molecular flexibility index (Phi) is 9.96. The number of aliphatic imine (C=N–C) groups is 1. The molecule has 1 saturated heterocycles. The largest absolute Gasteiger partial charge is 0.493 e. The molecule has 9 nitrogen and oxygen atoms in total. The van der Waals surface area contributed by atoms with E-state index in [2.05, 4.69) is 10.3 Å². The molecule has 1 N–H and O–H groups in total. The van der Waals surface area contributed by atoms with Gasteiger partial charge in [-0.15, -0.1) is 0 Å². The van der Waals surface area contributed by atoms with Crippen molar-refractivity contribution in [3.8, 4) is 11.5 Å². The van der Waals surface area contributed by atoms with Crippen LogP contribution in [0.25, 0.3) is 0 Å². The quantitative estimate of drug-likeness (QED) is 0.310. The second-order valence-electron chi connectivity index (χ2n) is 8.96. The maximum Gasteiger partial charge on any atom is 0.338 e. The lowest BCUT2D eigenvalue weighted by molar-refractivity contribution is -0.128. The van der Waals surface area contributed by atoms with Crippen molar-refractivity contribution in [1.82, 2.24) is 4.90 Å². The molecule has 0 aromatic heterocycles. The van der Waals surface area contributed by atoms with Crippen molar-refractivity contribution < 1.29 is 33.0 Å². The highest BCUT2D eigenvalue weighted by Crippen LogP contribution is 2.33. The molecular formula is C30H30FN3O6S. The molecule has 3 aromatic rings. The van der Waals surface area contributed by atoms with Crippen LogP contribution in [0.2, 0.25) is 0 Å². The zero-order valence-corrected chi connectivity index (χ0v) is 23.7. The van der Waals surface area contributed by atoms with Gasteiger partial charge in [0.15, 0.2) is 16.7 Å². The minimum absolute atomic E-state index is 0.0849. The average Bonchev–Trinajstić information content (AvgIpc) is 3.26. The molecule has 0 aliphatic carbocycles. The third-order valence-electron chi connectivity index (χ3n) is 6.19. The van der Waals surface area contributed by atoms with Gasteiger partial charge in [-0.2, -0.15) is 0 Å². The van der Waals surface area contributed by atoms with Crippen LogP contribution in [0, 0.1) is 5.82 Å². The molecule has 11 heteroatoms. The average molecular weight is 580 g/mol. The summed E-state index contributed by atoms with van der Waals surface area (Å²) in [6.07, 6.45) is 0.416. The lowest BCUT2D eigenvalue weighted by Crippen LogP contribution is -2.35. The molecule has 41 heavy (non-hydrogen) atoms. The van der Waals surface area contributed by atoms with Gasteiger partial charge in [-0.3, -0.25) is 14.5 Å². The van der Waals surface area contributed by atoms with Crippen LogP contribution in [0.5, 0.6) is 11.5 Å². The number of benzene rings is 3. The molecule has 1 atom stereocenters. The zero-order valence-electron chi connectivity index (χ0n) is 22.9. The number of nitrogens with zero attached hydrogens (tertiary/aromatic N) is 2. The SMILES string of the molecule is CCOC(=O)c1ccc(NC(=O)CC2SC(=Nc3ccc(F)cc3)N(CCc3ccc(OC)c(OC)c3)C2=O)cc1. The summed E-state index contributed by atoms with van der Waals surface area (Å²) < 4.78 is 29.1. The summed E-state index contributed by atoms with van der Waals surface area (Å²) in [4.78, 5) is 44.3. The molecule has 1 aliphatic rings. The van der Waals surface area contributed by atoms with Crippen molar-refractivity contribution in [3.05, 3.63) is 83.7 Å². The molecule has 0 radical (unpaired) electrons. The molecule has 1 aliphatic heterocycles. The number of hydrogen-bond donors (Lipinski definition) is 1. The fourth-order valence-corrected chi connectivity index (χ4v) is 5.30. The molecular weight excluding hydrogens is 549 g/mol. The number of methoxy groups -OCH3 is 2. The van der Waals surface area contributed by atoms with Crippen LogP contribution in [0.4, 0.5) is 15.8 Å². The Morgan fingerprint density at radius 2 is 1.71 bits per heavy atom. The van der Waals surface area contributed by atoms with Crippen LogP contribution < -0.4 is 14.8 Å². The first-order valence-corrected chi connectivity index (χ1v) is 13.8. The Morgan fingerprint density at radius 1 is 1.00 bits per heavy atom. The first-order valence-electron chi connectivity index (χ1n) is 12.9. The van der Waals surface area contributed by atoms with Crippen molar-refractivity contribution >= 4 is 46.1 Å². The number of amides is 2. The Labute approximate surface area is 241 Å². The highest BCUT2D eigenvalue weighted by molar-refractivity contribution is 8.15. The number of carbonyl (C=O) groups excluding carboxylic acids is 3. The lowest BCUT2D eigenvalue weighted by atomic mass is 10.1. The van der Waals surface area contributed by atoms with Gasteiger partial charge in [0.25, 0.3) is 0 Å². The Hall–Kier alpha value is -4.38. The third kappa shape index (κ3) is 7.63. The van der Waals surface area contributed by atoms with Gasteiger partial charge < -0.3 is 19.5 Å². The number of carbonyl (C=O) groups is 3. The standard InChI is InChI=1S/C30H30FN3O6S/c1-4-40-29(37)20-6-10-22(11-7-20)32-27(35)18-26-28(36)34(30(41-26)33-23-12-8-21(31)9-13-23)16-15-19-5-14-24(38-2)25(17-19)39-3/h5-14,17,26H,4,15-16,18H2,1-3H3,(H,32,35). The van der Waals surface area contributed by atoms with E-state index < -0.39 is 11.2 Å². The van der Waals surface area contributed by atoms with Crippen LogP contribution in [0.1, 0.15) is 29.3 Å². The van der Waals surface area contributed by atoms with E-state index in [-0.39, 0.29) is 30.7 Å². The van der Waals surface area contributed by atoms with Gasteiger partial charge in [0, 0.05) is 18.7 Å². The third-order valence-corrected chi connectivity index (χ3v) is 7.37. The van der Waals surface area contributed by atoms with E-state index in [1.54, 1.807) is 56.4 Å². The number of thioether (sulfide) groups is 1. The van der Waals surface area contributed by atoms with E-state index in [1.807, 2.05) is 12.1 Å². The normalized spacial score (nSPS) is 15.6. The number of nitrogens with one attached hydrogen (secondary N) is 1. The van der Waals surface area contributed by atoms with Gasteiger partial charge >= 0.3 is 5.97 Å². The van der Waals surface area contributed by atoms with Gasteiger partial charge in [-0.25, -0.2) is 14.2 Å². The molecule has 2 amide bonds. The molecule has 4 rings (SSSR count). The molecule has 1 unspecified atom stereocenters. The molecule has 0 spiro atoms. The Morgan fingerprint density at radius 3 is 2.37 bits per heavy atom. The van der Waals surface area contributed by atoms with Crippen molar-refractivity contribution in [3.63, 3.8) is 0 Å². The molecule has 214 valence electrons. The highest BCUT2D eigenvalue weighted by Gasteiger charge is 2.39. The summed E-state index contributed by atoms with van der Waals surface area (Å²) in [5.74, 6) is -0.258. The van der Waals surface area contributed by atoms with Crippen molar-refractivity contribution in [2.24, 2.45) is 4.99 Å². The van der Waals surface area contributed by atoms with Crippen LogP contribution in [0.3, 0.4) is 0 Å². The van der Waals surface area contributed by atoms with E-state index >= 15 is 0 Å². The summed E-state index contributed by atoms with van der Waals surface area (Å²) in [5.41, 5.74) is 2.28. The molecule has 1 fully saturated rings. The van der Waals surface area contributed by atoms with Crippen molar-refractivity contribution in [2.75, 3.05) is 32.7 Å². The second kappa shape index (κ2) is 13.8. The number of esters is 1. The Balaban J connectivity index is 1.47. The first-order chi connectivity index (χ1) is 19.8. The fraction of sp³-hybridized carbons (Fsp3) is 0.267. The van der Waals surface area contributed by atoms with Gasteiger partial charge in [-0.05, 0) is 79.6 Å². The topological polar surface area (TPSA) is 107 Å². The van der Waals surface area contributed by atoms with Gasteiger partial charge in [0.1, 0.15) is 11.1 Å². The molecule has 0 saturated carbocycles. The number of ether oxygens (including phenoxy) is 3. The van der Waals surface area contributed by atoms with E-state index in [4.69, 9.17) is 14.2 Å². The maximum atomic E-state index is 13.5. The summed E-state index contributed by atoms with van der Waals surface area (Å²) >= 11 is 1.19. The van der Waals surface area contributed by atoms with Crippen LogP contribution in [-0.2, 0) is 20.7 Å². The predicted octanol–water partition coefficient (Wildman–Crippen LogP) is 5.22. The number of rotatable bonds is 11. The van der Waals surface area contributed by atoms with Crippen molar-refractivity contribution in [1.29, 1.82) is 0 Å². The molecule has 1 heterocycles. The molecule has 0 bridgehead atoms. The van der Waals surface area contributed by atoms with Crippen molar-refractivity contribution in [2.45, 2.75) is 25.0 Å². The number of hydrogen-bond acceptors (Lipinski definition) is 8. The summed E-state index contributed by atoms with van der Waals surface area (Å²) in [6.45, 7) is 2.30. The minimum Gasteiger partial charge on any atom is -0.493 e. The van der Waals surface area contributed by atoms with Crippen LogP contribution in [-0.4, -0.2) is 60.5 Å². The number of halogens is 1. The smallest absolute Gasteiger partial charge is 0.338 e.